The second-order valence-corrected chi connectivity index (χ2v) is 5.18. The number of nitrogens with one attached hydrogen (secondary N) is 2. The van der Waals surface area contributed by atoms with Crippen molar-refractivity contribution in [3.8, 4) is 0 Å². The molecule has 1 amide bonds. The Morgan fingerprint density at radius 2 is 2.24 bits per heavy atom. The average Bonchev–Trinajstić information content (AvgIpc) is 2.89. The molecule has 1 heterocycles. The van der Waals surface area contributed by atoms with E-state index < -0.39 is 0 Å². The number of carbonyl (C=O) groups is 1. The molecule has 92 valence electrons. The Morgan fingerprint density at radius 1 is 1.47 bits per heavy atom. The van der Waals surface area contributed by atoms with Crippen molar-refractivity contribution < 1.29 is 4.79 Å². The Labute approximate surface area is 106 Å². The van der Waals surface area contributed by atoms with Crippen LogP contribution in [0, 0.1) is 5.92 Å². The maximum atomic E-state index is 11.9. The SMILES string of the molecule is CSc1ccc(C(=O)NCC2CCNC2)cc1. The van der Waals surface area contributed by atoms with Crippen LogP contribution in [0.5, 0.6) is 0 Å². The number of hydrogen-bond acceptors (Lipinski definition) is 3. The molecule has 1 unspecified atom stereocenters. The van der Waals surface area contributed by atoms with Crippen molar-refractivity contribution in [3.05, 3.63) is 29.8 Å². The lowest BCUT2D eigenvalue weighted by Gasteiger charge is -2.10. The maximum Gasteiger partial charge on any atom is 0.251 e. The maximum absolute atomic E-state index is 11.9. The first-order chi connectivity index (χ1) is 8.29. The van der Waals surface area contributed by atoms with Crippen LogP contribution in [0.3, 0.4) is 0 Å². The Balaban J connectivity index is 1.85. The van der Waals surface area contributed by atoms with E-state index in [2.05, 4.69) is 10.6 Å². The molecule has 1 aliphatic heterocycles. The van der Waals surface area contributed by atoms with Gasteiger partial charge in [-0.25, -0.2) is 0 Å². The molecule has 17 heavy (non-hydrogen) atoms. The van der Waals surface area contributed by atoms with Crippen LogP contribution in [0.2, 0.25) is 0 Å². The third-order valence-corrected chi connectivity index (χ3v) is 3.81. The van der Waals surface area contributed by atoms with Crippen LogP contribution < -0.4 is 10.6 Å². The van der Waals surface area contributed by atoms with E-state index >= 15 is 0 Å². The fourth-order valence-corrected chi connectivity index (χ4v) is 2.38. The number of amides is 1. The van der Waals surface area contributed by atoms with Gasteiger partial charge in [0.25, 0.3) is 5.91 Å². The molecule has 0 saturated carbocycles. The monoisotopic (exact) mass is 250 g/mol. The molecule has 0 spiro atoms. The first-order valence-corrected chi connectivity index (χ1v) is 7.15. The van der Waals surface area contributed by atoms with Gasteiger partial charge in [-0.1, -0.05) is 0 Å². The molecule has 4 heteroatoms. The molecule has 3 nitrogen and oxygen atoms in total. The van der Waals surface area contributed by atoms with Gasteiger partial charge >= 0.3 is 0 Å². The van der Waals surface area contributed by atoms with Gasteiger partial charge in [0.05, 0.1) is 0 Å². The molecule has 2 N–H and O–H groups in total. The van der Waals surface area contributed by atoms with E-state index in [0.717, 1.165) is 31.6 Å². The van der Waals surface area contributed by atoms with Crippen molar-refractivity contribution in [2.24, 2.45) is 5.92 Å². The summed E-state index contributed by atoms with van der Waals surface area (Å²) in [6.07, 6.45) is 3.19. The molecule has 2 rings (SSSR count). The van der Waals surface area contributed by atoms with E-state index in [1.54, 1.807) is 11.8 Å². The van der Waals surface area contributed by atoms with Crippen LogP contribution in [0.25, 0.3) is 0 Å². The zero-order valence-electron chi connectivity index (χ0n) is 10.0. The molecule has 0 aliphatic carbocycles. The predicted octanol–water partition coefficient (Wildman–Crippen LogP) is 1.75. The van der Waals surface area contributed by atoms with Crippen molar-refractivity contribution >= 4 is 17.7 Å². The Hall–Kier alpha value is -1.00. The molecule has 1 atom stereocenters. The first-order valence-electron chi connectivity index (χ1n) is 5.92. The first kappa shape index (κ1) is 12.5. The van der Waals surface area contributed by atoms with Gasteiger partial charge < -0.3 is 10.6 Å². The van der Waals surface area contributed by atoms with Crippen LogP contribution in [0.1, 0.15) is 16.8 Å². The van der Waals surface area contributed by atoms with Crippen molar-refractivity contribution in [1.82, 2.24) is 10.6 Å². The lowest BCUT2D eigenvalue weighted by molar-refractivity contribution is 0.0948. The Kier molecular flexibility index (Phi) is 4.45. The topological polar surface area (TPSA) is 41.1 Å². The summed E-state index contributed by atoms with van der Waals surface area (Å²) in [7, 11) is 0. The largest absolute Gasteiger partial charge is 0.352 e. The van der Waals surface area contributed by atoms with Gasteiger partial charge in [-0.05, 0) is 55.9 Å². The molecule has 0 bridgehead atoms. The van der Waals surface area contributed by atoms with Crippen LogP contribution >= 0.6 is 11.8 Å². The second kappa shape index (κ2) is 6.07. The molecule has 1 fully saturated rings. The van der Waals surface area contributed by atoms with Crippen molar-refractivity contribution in [1.29, 1.82) is 0 Å². The van der Waals surface area contributed by atoms with Gasteiger partial charge in [-0.2, -0.15) is 0 Å². The van der Waals surface area contributed by atoms with Gasteiger partial charge in [-0.15, -0.1) is 11.8 Å². The summed E-state index contributed by atoms with van der Waals surface area (Å²) in [5, 5.41) is 6.29. The summed E-state index contributed by atoms with van der Waals surface area (Å²) in [6.45, 7) is 2.87. The van der Waals surface area contributed by atoms with Gasteiger partial charge in [0.15, 0.2) is 0 Å². The smallest absolute Gasteiger partial charge is 0.251 e. The average molecular weight is 250 g/mol. The molecule has 0 aromatic heterocycles. The summed E-state index contributed by atoms with van der Waals surface area (Å²) in [5.41, 5.74) is 0.744. The zero-order chi connectivity index (χ0) is 12.1. The van der Waals surface area contributed by atoms with Crippen LogP contribution in [-0.2, 0) is 0 Å². The van der Waals surface area contributed by atoms with Gasteiger partial charge in [0.2, 0.25) is 0 Å². The summed E-state index contributed by atoms with van der Waals surface area (Å²) in [5.74, 6) is 0.619. The summed E-state index contributed by atoms with van der Waals surface area (Å²) < 4.78 is 0. The van der Waals surface area contributed by atoms with Gasteiger partial charge in [-0.3, -0.25) is 4.79 Å². The lowest BCUT2D eigenvalue weighted by atomic mass is 10.1. The van der Waals surface area contributed by atoms with Crippen molar-refractivity contribution in [2.75, 3.05) is 25.9 Å². The van der Waals surface area contributed by atoms with Crippen LogP contribution in [-0.4, -0.2) is 31.8 Å². The number of rotatable bonds is 4. The van der Waals surface area contributed by atoms with Gasteiger partial charge in [0.1, 0.15) is 0 Å². The highest BCUT2D eigenvalue weighted by Gasteiger charge is 2.15. The second-order valence-electron chi connectivity index (χ2n) is 4.30. The van der Waals surface area contributed by atoms with Crippen LogP contribution in [0.4, 0.5) is 0 Å². The third-order valence-electron chi connectivity index (χ3n) is 3.07. The minimum atomic E-state index is 0.0320. The molecule has 1 aromatic rings. The fraction of sp³-hybridized carbons (Fsp3) is 0.462. The van der Waals surface area contributed by atoms with E-state index in [9.17, 15) is 4.79 Å². The molecule has 1 aromatic carbocycles. The van der Waals surface area contributed by atoms with E-state index in [-0.39, 0.29) is 5.91 Å². The highest BCUT2D eigenvalue weighted by Crippen LogP contribution is 2.15. The quantitative estimate of drug-likeness (QED) is 0.800. The minimum Gasteiger partial charge on any atom is -0.352 e. The highest BCUT2D eigenvalue weighted by molar-refractivity contribution is 7.98. The molecular weight excluding hydrogens is 232 g/mol. The fourth-order valence-electron chi connectivity index (χ4n) is 1.97. The minimum absolute atomic E-state index is 0.0320. The van der Waals surface area contributed by atoms with E-state index in [4.69, 9.17) is 0 Å². The number of carbonyl (C=O) groups excluding carboxylic acids is 1. The molecule has 1 saturated heterocycles. The lowest BCUT2D eigenvalue weighted by Crippen LogP contribution is -2.30. The third kappa shape index (κ3) is 3.48. The van der Waals surface area contributed by atoms with E-state index in [1.807, 2.05) is 30.5 Å². The van der Waals surface area contributed by atoms with Gasteiger partial charge in [0, 0.05) is 17.0 Å². The number of hydrogen-bond donors (Lipinski definition) is 2. The predicted molar refractivity (Wildman–Crippen MR) is 71.5 cm³/mol. The highest BCUT2D eigenvalue weighted by atomic mass is 32.2. The zero-order valence-corrected chi connectivity index (χ0v) is 10.8. The number of thioether (sulfide) groups is 1. The molecule has 1 aliphatic rings. The molecular formula is C13H18N2OS. The Morgan fingerprint density at radius 3 is 2.82 bits per heavy atom. The van der Waals surface area contributed by atoms with E-state index in [0.29, 0.717) is 5.92 Å². The van der Waals surface area contributed by atoms with Crippen molar-refractivity contribution in [2.45, 2.75) is 11.3 Å². The summed E-state index contributed by atoms with van der Waals surface area (Å²) >= 11 is 1.68. The normalized spacial score (nSPS) is 19.2. The van der Waals surface area contributed by atoms with E-state index in [1.165, 1.54) is 4.90 Å². The summed E-state index contributed by atoms with van der Waals surface area (Å²) in [6, 6.07) is 7.73. The standard InChI is InChI=1S/C13H18N2OS/c1-17-12-4-2-11(3-5-12)13(16)15-9-10-6-7-14-8-10/h2-5,10,14H,6-9H2,1H3,(H,15,16). The summed E-state index contributed by atoms with van der Waals surface area (Å²) in [4.78, 5) is 13.0. The van der Waals surface area contributed by atoms with Crippen LogP contribution in [0.15, 0.2) is 29.2 Å². The Bertz CT molecular complexity index is 372. The molecule has 0 radical (unpaired) electrons. The number of benzene rings is 1. The van der Waals surface area contributed by atoms with Crippen molar-refractivity contribution in [3.63, 3.8) is 0 Å².